The van der Waals surface area contributed by atoms with Crippen molar-refractivity contribution in [3.05, 3.63) is 34.2 Å². The van der Waals surface area contributed by atoms with Crippen LogP contribution in [0.5, 0.6) is 0 Å². The molecule has 0 aromatic carbocycles. The zero-order valence-electron chi connectivity index (χ0n) is 10.3. The number of pyridine rings is 1. The first-order valence-corrected chi connectivity index (χ1v) is 6.38. The highest BCUT2D eigenvalue weighted by Gasteiger charge is 2.43. The molecule has 2 saturated heterocycles. The number of carbonyl (C=O) groups is 1. The lowest BCUT2D eigenvalue weighted by molar-refractivity contribution is 0.0722. The van der Waals surface area contributed by atoms with Crippen LogP contribution in [0.25, 0.3) is 0 Å². The molecule has 96 valence electrons. The van der Waals surface area contributed by atoms with Crippen LogP contribution in [-0.4, -0.2) is 41.5 Å². The van der Waals surface area contributed by atoms with Crippen molar-refractivity contribution in [2.75, 3.05) is 19.6 Å². The number of likely N-dealkylation sites (tertiary alicyclic amines) is 1. The van der Waals surface area contributed by atoms with Gasteiger partial charge in [-0.3, -0.25) is 9.59 Å². The fourth-order valence-corrected chi connectivity index (χ4v) is 3.16. The van der Waals surface area contributed by atoms with E-state index in [4.69, 9.17) is 0 Å². The van der Waals surface area contributed by atoms with Gasteiger partial charge in [-0.1, -0.05) is 6.07 Å². The SMILES string of the molecule is CC1C2CNCC2CN1C(=O)c1cccc(=O)[nH]1. The molecule has 0 radical (unpaired) electrons. The summed E-state index contributed by atoms with van der Waals surface area (Å²) >= 11 is 0. The number of fused-ring (bicyclic) bond motifs is 1. The van der Waals surface area contributed by atoms with Crippen LogP contribution in [0.4, 0.5) is 0 Å². The lowest BCUT2D eigenvalue weighted by Crippen LogP contribution is -2.38. The topological polar surface area (TPSA) is 65.2 Å². The maximum absolute atomic E-state index is 12.4. The van der Waals surface area contributed by atoms with E-state index in [9.17, 15) is 9.59 Å². The van der Waals surface area contributed by atoms with Gasteiger partial charge in [0.05, 0.1) is 0 Å². The Labute approximate surface area is 105 Å². The molecule has 18 heavy (non-hydrogen) atoms. The van der Waals surface area contributed by atoms with Gasteiger partial charge < -0.3 is 15.2 Å². The van der Waals surface area contributed by atoms with E-state index in [1.165, 1.54) is 6.07 Å². The van der Waals surface area contributed by atoms with Crippen molar-refractivity contribution in [3.8, 4) is 0 Å². The van der Waals surface area contributed by atoms with Gasteiger partial charge in [0.15, 0.2) is 0 Å². The first kappa shape index (κ1) is 11.5. The molecular weight excluding hydrogens is 230 g/mol. The van der Waals surface area contributed by atoms with Crippen molar-refractivity contribution in [2.24, 2.45) is 11.8 Å². The second kappa shape index (κ2) is 4.24. The number of carbonyl (C=O) groups excluding carboxylic acids is 1. The van der Waals surface area contributed by atoms with Crippen molar-refractivity contribution in [1.82, 2.24) is 15.2 Å². The molecule has 2 aliphatic rings. The Morgan fingerprint density at radius 2 is 2.22 bits per heavy atom. The van der Waals surface area contributed by atoms with Crippen molar-refractivity contribution >= 4 is 5.91 Å². The van der Waals surface area contributed by atoms with E-state index < -0.39 is 0 Å². The predicted octanol–water partition coefficient (Wildman–Crippen LogP) is 0.0548. The Kier molecular flexibility index (Phi) is 2.70. The molecule has 2 N–H and O–H groups in total. The van der Waals surface area contributed by atoms with Crippen LogP contribution >= 0.6 is 0 Å². The van der Waals surface area contributed by atoms with Gasteiger partial charge in [0.25, 0.3) is 5.91 Å². The molecule has 1 aromatic rings. The predicted molar refractivity (Wildman–Crippen MR) is 67.4 cm³/mol. The molecule has 3 rings (SSSR count). The number of hydrogen-bond acceptors (Lipinski definition) is 3. The second-order valence-electron chi connectivity index (χ2n) is 5.21. The van der Waals surface area contributed by atoms with E-state index in [0.717, 1.165) is 19.6 Å². The molecule has 1 aromatic heterocycles. The van der Waals surface area contributed by atoms with Crippen molar-refractivity contribution in [2.45, 2.75) is 13.0 Å². The molecule has 3 heterocycles. The minimum Gasteiger partial charge on any atom is -0.334 e. The molecule has 0 saturated carbocycles. The summed E-state index contributed by atoms with van der Waals surface area (Å²) in [5, 5.41) is 3.37. The van der Waals surface area contributed by atoms with Crippen molar-refractivity contribution in [1.29, 1.82) is 0 Å². The standard InChI is InChI=1S/C13H17N3O2/c1-8-10-6-14-5-9(10)7-16(8)13(18)11-3-2-4-12(17)15-11/h2-4,8-10,14H,5-7H2,1H3,(H,15,17). The number of aromatic amines is 1. The van der Waals surface area contributed by atoms with Gasteiger partial charge in [-0.05, 0) is 24.8 Å². The third kappa shape index (κ3) is 1.75. The lowest BCUT2D eigenvalue weighted by Gasteiger charge is -2.24. The summed E-state index contributed by atoms with van der Waals surface area (Å²) in [5.41, 5.74) is 0.164. The number of rotatable bonds is 1. The smallest absolute Gasteiger partial charge is 0.270 e. The van der Waals surface area contributed by atoms with E-state index in [-0.39, 0.29) is 17.5 Å². The molecule has 3 atom stereocenters. The van der Waals surface area contributed by atoms with Gasteiger partial charge in [0, 0.05) is 31.7 Å². The van der Waals surface area contributed by atoms with Gasteiger partial charge >= 0.3 is 0 Å². The Hall–Kier alpha value is -1.62. The van der Waals surface area contributed by atoms with Crippen molar-refractivity contribution in [3.63, 3.8) is 0 Å². The molecule has 2 aliphatic heterocycles. The Balaban J connectivity index is 1.84. The van der Waals surface area contributed by atoms with Gasteiger partial charge in [-0.25, -0.2) is 0 Å². The molecule has 5 nitrogen and oxygen atoms in total. The highest BCUT2D eigenvalue weighted by Crippen LogP contribution is 2.32. The third-order valence-corrected chi connectivity index (χ3v) is 4.19. The molecule has 1 amide bonds. The summed E-state index contributed by atoms with van der Waals surface area (Å²) in [6.07, 6.45) is 0. The Bertz CT molecular complexity index is 525. The largest absolute Gasteiger partial charge is 0.334 e. The van der Waals surface area contributed by atoms with Crippen molar-refractivity contribution < 1.29 is 4.79 Å². The quantitative estimate of drug-likeness (QED) is 0.737. The maximum Gasteiger partial charge on any atom is 0.270 e. The first-order valence-electron chi connectivity index (χ1n) is 6.38. The number of aromatic nitrogens is 1. The van der Waals surface area contributed by atoms with Crippen LogP contribution in [-0.2, 0) is 0 Å². The van der Waals surface area contributed by atoms with Gasteiger partial charge in [0.1, 0.15) is 5.69 Å². The van der Waals surface area contributed by atoms with E-state index in [1.807, 2.05) is 4.90 Å². The normalized spacial score (nSPS) is 30.5. The third-order valence-electron chi connectivity index (χ3n) is 4.19. The Morgan fingerprint density at radius 1 is 1.39 bits per heavy atom. The second-order valence-corrected chi connectivity index (χ2v) is 5.21. The molecular formula is C13H17N3O2. The van der Waals surface area contributed by atoms with E-state index in [2.05, 4.69) is 17.2 Å². The number of hydrogen-bond donors (Lipinski definition) is 2. The number of amides is 1. The summed E-state index contributed by atoms with van der Waals surface area (Å²) in [6.45, 7) is 4.86. The number of nitrogens with zero attached hydrogens (tertiary/aromatic N) is 1. The average molecular weight is 247 g/mol. The monoisotopic (exact) mass is 247 g/mol. The zero-order chi connectivity index (χ0) is 12.7. The molecule has 0 aliphatic carbocycles. The molecule has 5 heteroatoms. The molecule has 0 spiro atoms. The summed E-state index contributed by atoms with van der Waals surface area (Å²) in [5.74, 6) is 1.04. The summed E-state index contributed by atoms with van der Waals surface area (Å²) in [7, 11) is 0. The van der Waals surface area contributed by atoms with E-state index >= 15 is 0 Å². The minimum absolute atomic E-state index is 0.0606. The zero-order valence-corrected chi connectivity index (χ0v) is 10.3. The fraction of sp³-hybridized carbons (Fsp3) is 0.538. The molecule has 2 fully saturated rings. The van der Waals surface area contributed by atoms with Gasteiger partial charge in [-0.2, -0.15) is 0 Å². The summed E-state index contributed by atoms with van der Waals surface area (Å²) in [4.78, 5) is 28.1. The van der Waals surface area contributed by atoms with Gasteiger partial charge in [-0.15, -0.1) is 0 Å². The van der Waals surface area contributed by atoms with Crippen LogP contribution < -0.4 is 10.9 Å². The summed E-state index contributed by atoms with van der Waals surface area (Å²) in [6, 6.07) is 4.95. The van der Waals surface area contributed by atoms with Crippen LogP contribution in [0.15, 0.2) is 23.0 Å². The molecule has 3 unspecified atom stereocenters. The molecule has 0 bridgehead atoms. The summed E-state index contributed by atoms with van der Waals surface area (Å²) < 4.78 is 0. The van der Waals surface area contributed by atoms with Crippen LogP contribution in [0.2, 0.25) is 0 Å². The number of nitrogens with one attached hydrogen (secondary N) is 2. The van der Waals surface area contributed by atoms with Crippen LogP contribution in [0.3, 0.4) is 0 Å². The minimum atomic E-state index is -0.227. The Morgan fingerprint density at radius 3 is 2.94 bits per heavy atom. The number of H-pyrrole nitrogens is 1. The van der Waals surface area contributed by atoms with Crippen LogP contribution in [0.1, 0.15) is 17.4 Å². The van der Waals surface area contributed by atoms with E-state index in [0.29, 0.717) is 17.5 Å². The first-order chi connectivity index (χ1) is 8.66. The highest BCUT2D eigenvalue weighted by molar-refractivity contribution is 5.92. The van der Waals surface area contributed by atoms with E-state index in [1.54, 1.807) is 12.1 Å². The highest BCUT2D eigenvalue weighted by atomic mass is 16.2. The maximum atomic E-state index is 12.4. The average Bonchev–Trinajstić information content (AvgIpc) is 2.92. The fourth-order valence-electron chi connectivity index (χ4n) is 3.16. The van der Waals surface area contributed by atoms with Gasteiger partial charge in [0.2, 0.25) is 5.56 Å². The lowest BCUT2D eigenvalue weighted by atomic mass is 9.95. The van der Waals surface area contributed by atoms with Crippen LogP contribution in [0, 0.1) is 11.8 Å².